The molecule has 0 atom stereocenters. The maximum absolute atomic E-state index is 10.5. The van der Waals surface area contributed by atoms with Gasteiger partial charge in [0, 0.05) is 6.42 Å². The summed E-state index contributed by atoms with van der Waals surface area (Å²) in [6.45, 7) is 1.93. The van der Waals surface area contributed by atoms with E-state index in [4.69, 9.17) is 14.6 Å². The van der Waals surface area contributed by atoms with Gasteiger partial charge in [-0.3, -0.25) is 4.79 Å². The van der Waals surface area contributed by atoms with E-state index in [1.807, 2.05) is 19.1 Å². The zero-order valence-electron chi connectivity index (χ0n) is 9.74. The Morgan fingerprint density at radius 2 is 1.81 bits per heavy atom. The number of carboxylic acid groups (broad SMARTS) is 1. The van der Waals surface area contributed by atoms with Gasteiger partial charge in [-0.05, 0) is 36.6 Å². The highest BCUT2D eigenvalue weighted by atomic mass is 16.5. The minimum atomic E-state index is -0.797. The van der Waals surface area contributed by atoms with E-state index in [1.165, 1.54) is 0 Å². The molecular weight excluding hydrogens is 208 g/mol. The Bertz CT molecular complexity index is 385. The van der Waals surface area contributed by atoms with Gasteiger partial charge in [0.05, 0.1) is 14.2 Å². The molecule has 0 radical (unpaired) electrons. The number of rotatable bonds is 5. The zero-order chi connectivity index (χ0) is 12.1. The lowest BCUT2D eigenvalue weighted by molar-refractivity contribution is -0.136. The van der Waals surface area contributed by atoms with Crippen molar-refractivity contribution in [2.45, 2.75) is 19.8 Å². The summed E-state index contributed by atoms with van der Waals surface area (Å²) in [6.07, 6.45) is 0.623. The number of hydrogen-bond acceptors (Lipinski definition) is 3. The molecule has 1 aromatic carbocycles. The summed E-state index contributed by atoms with van der Waals surface area (Å²) in [4.78, 5) is 10.5. The quantitative estimate of drug-likeness (QED) is 0.831. The average Bonchev–Trinajstić information content (AvgIpc) is 2.26. The minimum absolute atomic E-state index is 0.121. The van der Waals surface area contributed by atoms with E-state index in [2.05, 4.69) is 0 Å². The smallest absolute Gasteiger partial charge is 0.303 e. The molecule has 0 aliphatic heterocycles. The molecule has 0 unspecified atom stereocenters. The number of benzene rings is 1. The molecule has 1 N–H and O–H groups in total. The third-order valence-corrected chi connectivity index (χ3v) is 2.45. The number of carbonyl (C=O) groups is 1. The fourth-order valence-electron chi connectivity index (χ4n) is 1.53. The summed E-state index contributed by atoms with van der Waals surface area (Å²) in [5.74, 6) is 0.502. The van der Waals surface area contributed by atoms with Gasteiger partial charge in [0.15, 0.2) is 11.5 Å². The molecule has 0 fully saturated rings. The molecule has 1 aromatic rings. The molecule has 0 spiro atoms. The first-order valence-corrected chi connectivity index (χ1v) is 5.01. The Balaban J connectivity index is 2.96. The Hall–Kier alpha value is -1.71. The molecule has 4 nitrogen and oxygen atoms in total. The summed E-state index contributed by atoms with van der Waals surface area (Å²) in [7, 11) is 3.14. The second-order valence-electron chi connectivity index (χ2n) is 3.53. The van der Waals surface area contributed by atoms with Crippen LogP contribution in [0.15, 0.2) is 12.1 Å². The number of ether oxygens (including phenoxy) is 2. The molecule has 0 saturated heterocycles. The van der Waals surface area contributed by atoms with Crippen molar-refractivity contribution in [1.29, 1.82) is 0 Å². The minimum Gasteiger partial charge on any atom is -0.493 e. The first-order valence-electron chi connectivity index (χ1n) is 5.01. The summed E-state index contributed by atoms with van der Waals surface area (Å²) in [6, 6.07) is 3.69. The van der Waals surface area contributed by atoms with Crippen molar-refractivity contribution in [3.05, 3.63) is 23.3 Å². The van der Waals surface area contributed by atoms with Crippen molar-refractivity contribution in [1.82, 2.24) is 0 Å². The van der Waals surface area contributed by atoms with E-state index < -0.39 is 5.97 Å². The van der Waals surface area contributed by atoms with Gasteiger partial charge in [-0.25, -0.2) is 0 Å². The van der Waals surface area contributed by atoms with Crippen LogP contribution in [0.2, 0.25) is 0 Å². The SMILES string of the molecule is COc1cc(C)c(CCC(=O)O)cc1OC. The van der Waals surface area contributed by atoms with Crippen molar-refractivity contribution in [2.75, 3.05) is 14.2 Å². The van der Waals surface area contributed by atoms with Gasteiger partial charge in [-0.2, -0.15) is 0 Å². The Morgan fingerprint density at radius 3 is 2.31 bits per heavy atom. The van der Waals surface area contributed by atoms with Crippen LogP contribution in [0.5, 0.6) is 11.5 Å². The molecule has 0 saturated carbocycles. The van der Waals surface area contributed by atoms with Crippen LogP contribution in [0.25, 0.3) is 0 Å². The van der Waals surface area contributed by atoms with E-state index in [-0.39, 0.29) is 6.42 Å². The maximum Gasteiger partial charge on any atom is 0.303 e. The standard InChI is InChI=1S/C12H16O4/c1-8-6-10(15-2)11(16-3)7-9(8)4-5-12(13)14/h6-7H,4-5H2,1-3H3,(H,13,14). The van der Waals surface area contributed by atoms with Gasteiger partial charge in [0.25, 0.3) is 0 Å². The van der Waals surface area contributed by atoms with Gasteiger partial charge in [0.2, 0.25) is 0 Å². The normalized spacial score (nSPS) is 9.94. The summed E-state index contributed by atoms with van der Waals surface area (Å²) in [5.41, 5.74) is 1.99. The largest absolute Gasteiger partial charge is 0.493 e. The summed E-state index contributed by atoms with van der Waals surface area (Å²) < 4.78 is 10.3. The first kappa shape index (κ1) is 12.4. The summed E-state index contributed by atoms with van der Waals surface area (Å²) >= 11 is 0. The lowest BCUT2D eigenvalue weighted by atomic mass is 10.0. The third kappa shape index (κ3) is 2.89. The highest BCUT2D eigenvalue weighted by Gasteiger charge is 2.09. The van der Waals surface area contributed by atoms with Crippen LogP contribution in [-0.2, 0) is 11.2 Å². The van der Waals surface area contributed by atoms with Crippen LogP contribution < -0.4 is 9.47 Å². The fraction of sp³-hybridized carbons (Fsp3) is 0.417. The highest BCUT2D eigenvalue weighted by molar-refractivity contribution is 5.67. The molecule has 4 heteroatoms. The van der Waals surface area contributed by atoms with Crippen molar-refractivity contribution >= 4 is 5.97 Å². The fourth-order valence-corrected chi connectivity index (χ4v) is 1.53. The first-order chi connectivity index (χ1) is 7.58. The van der Waals surface area contributed by atoms with Crippen LogP contribution >= 0.6 is 0 Å². The van der Waals surface area contributed by atoms with Crippen molar-refractivity contribution in [3.8, 4) is 11.5 Å². The van der Waals surface area contributed by atoms with Crippen LogP contribution in [0.1, 0.15) is 17.5 Å². The van der Waals surface area contributed by atoms with E-state index in [0.717, 1.165) is 11.1 Å². The molecule has 0 amide bonds. The molecule has 0 heterocycles. The molecule has 16 heavy (non-hydrogen) atoms. The highest BCUT2D eigenvalue weighted by Crippen LogP contribution is 2.30. The molecule has 0 aliphatic carbocycles. The zero-order valence-corrected chi connectivity index (χ0v) is 9.74. The number of aryl methyl sites for hydroxylation is 2. The third-order valence-electron chi connectivity index (χ3n) is 2.45. The topological polar surface area (TPSA) is 55.8 Å². The van der Waals surface area contributed by atoms with E-state index in [9.17, 15) is 4.79 Å². The molecule has 0 bridgehead atoms. The predicted molar refractivity (Wildman–Crippen MR) is 60.2 cm³/mol. The van der Waals surface area contributed by atoms with Gasteiger partial charge in [-0.1, -0.05) is 0 Å². The van der Waals surface area contributed by atoms with Crippen LogP contribution in [0, 0.1) is 6.92 Å². The molecule has 88 valence electrons. The molecule has 0 aromatic heterocycles. The number of carboxylic acids is 1. The van der Waals surface area contributed by atoms with Crippen molar-refractivity contribution in [2.24, 2.45) is 0 Å². The number of aliphatic carboxylic acids is 1. The Morgan fingerprint density at radius 1 is 1.25 bits per heavy atom. The molecule has 1 rings (SSSR count). The van der Waals surface area contributed by atoms with Gasteiger partial charge < -0.3 is 14.6 Å². The lowest BCUT2D eigenvalue weighted by Gasteiger charge is -2.12. The van der Waals surface area contributed by atoms with E-state index in [1.54, 1.807) is 14.2 Å². The molecular formula is C12H16O4. The second-order valence-corrected chi connectivity index (χ2v) is 3.53. The van der Waals surface area contributed by atoms with Gasteiger partial charge in [0.1, 0.15) is 0 Å². The van der Waals surface area contributed by atoms with Crippen LogP contribution in [0.3, 0.4) is 0 Å². The van der Waals surface area contributed by atoms with Crippen LogP contribution in [-0.4, -0.2) is 25.3 Å². The second kappa shape index (κ2) is 5.39. The lowest BCUT2D eigenvalue weighted by Crippen LogP contribution is -2.00. The number of methoxy groups -OCH3 is 2. The number of hydrogen-bond donors (Lipinski definition) is 1. The van der Waals surface area contributed by atoms with Crippen LogP contribution in [0.4, 0.5) is 0 Å². The van der Waals surface area contributed by atoms with Gasteiger partial charge >= 0.3 is 5.97 Å². The Kier molecular flexibility index (Phi) is 4.17. The molecule has 0 aliphatic rings. The predicted octanol–water partition coefficient (Wildman–Crippen LogP) is 2.03. The van der Waals surface area contributed by atoms with Crippen molar-refractivity contribution < 1.29 is 19.4 Å². The maximum atomic E-state index is 10.5. The van der Waals surface area contributed by atoms with E-state index in [0.29, 0.717) is 17.9 Å². The summed E-state index contributed by atoms with van der Waals surface area (Å²) in [5, 5.41) is 8.64. The van der Waals surface area contributed by atoms with Crippen molar-refractivity contribution in [3.63, 3.8) is 0 Å². The van der Waals surface area contributed by atoms with Gasteiger partial charge in [-0.15, -0.1) is 0 Å². The average molecular weight is 224 g/mol. The Labute approximate surface area is 94.8 Å². The van der Waals surface area contributed by atoms with E-state index >= 15 is 0 Å². The monoisotopic (exact) mass is 224 g/mol.